The van der Waals surface area contributed by atoms with Gasteiger partial charge in [-0.1, -0.05) is 13.5 Å². The summed E-state index contributed by atoms with van der Waals surface area (Å²) in [5, 5.41) is 0. The van der Waals surface area contributed by atoms with Crippen LogP contribution < -0.4 is 0 Å². The van der Waals surface area contributed by atoms with Crippen LogP contribution in [-0.2, 0) is 0 Å². The largest absolute Gasteiger partial charge is 0.295 e. The van der Waals surface area contributed by atoms with Crippen LogP contribution in [0.1, 0.15) is 34.1 Å². The number of nitrogens with zero attached hydrogens (tertiary/aromatic N) is 2. The van der Waals surface area contributed by atoms with E-state index in [1.165, 1.54) is 0 Å². The summed E-state index contributed by atoms with van der Waals surface area (Å²) < 4.78 is 0. The summed E-state index contributed by atoms with van der Waals surface area (Å²) in [6.07, 6.45) is 2.95. The summed E-state index contributed by atoms with van der Waals surface area (Å²) in [4.78, 5) is 6.50. The van der Waals surface area contributed by atoms with Crippen LogP contribution in [0.2, 0.25) is 0 Å². The molecule has 2 atom stereocenters. The Morgan fingerprint density at radius 2 is 2.08 bits per heavy atom. The van der Waals surface area contributed by atoms with Crippen LogP contribution in [0.25, 0.3) is 0 Å². The zero-order valence-electron chi connectivity index (χ0n) is 9.54. The van der Waals surface area contributed by atoms with Crippen molar-refractivity contribution < 1.29 is 0 Å². The van der Waals surface area contributed by atoms with E-state index in [0.29, 0.717) is 12.1 Å². The normalized spacial score (nSPS) is 16.5. The lowest BCUT2D eigenvalue weighted by molar-refractivity contribution is 0.213. The van der Waals surface area contributed by atoms with Gasteiger partial charge in [-0.25, -0.2) is 0 Å². The van der Waals surface area contributed by atoms with Crippen molar-refractivity contribution in [3.8, 4) is 0 Å². The summed E-state index contributed by atoms with van der Waals surface area (Å²) in [5.74, 6) is 0. The first-order chi connectivity index (χ1) is 6.04. The van der Waals surface area contributed by atoms with Crippen molar-refractivity contribution in [3.63, 3.8) is 0 Å². The molecule has 76 valence electrons. The standard InChI is InChI=1S/C11H22N2/c1-7-9(3)13(6)11(5)10(4)12-8-2/h8-9,11H,4,7H2,1-3,5-6H3. The molecule has 0 rings (SSSR count). The fourth-order valence-electron chi connectivity index (χ4n) is 1.18. The van der Waals surface area contributed by atoms with Gasteiger partial charge in [0.15, 0.2) is 0 Å². The molecule has 0 bridgehead atoms. The van der Waals surface area contributed by atoms with Gasteiger partial charge in [0.2, 0.25) is 0 Å². The number of likely N-dealkylation sites (N-methyl/N-ethyl adjacent to an activating group) is 1. The first-order valence-corrected chi connectivity index (χ1v) is 4.94. The third kappa shape index (κ3) is 3.73. The van der Waals surface area contributed by atoms with Gasteiger partial charge in [-0.3, -0.25) is 9.89 Å². The highest BCUT2D eigenvalue weighted by atomic mass is 15.2. The molecule has 0 saturated heterocycles. The number of rotatable bonds is 5. The van der Waals surface area contributed by atoms with Crippen molar-refractivity contribution in [3.05, 3.63) is 12.3 Å². The third-order valence-corrected chi connectivity index (χ3v) is 2.67. The van der Waals surface area contributed by atoms with Crippen LogP contribution in [0.3, 0.4) is 0 Å². The number of hydrogen-bond donors (Lipinski definition) is 0. The van der Waals surface area contributed by atoms with E-state index in [1.54, 1.807) is 6.21 Å². The van der Waals surface area contributed by atoms with Crippen molar-refractivity contribution in [1.82, 2.24) is 4.90 Å². The molecule has 0 aromatic rings. The van der Waals surface area contributed by atoms with Crippen LogP contribution >= 0.6 is 0 Å². The summed E-state index contributed by atoms with van der Waals surface area (Å²) in [5.41, 5.74) is 0.935. The number of hydrogen-bond acceptors (Lipinski definition) is 2. The predicted molar refractivity (Wildman–Crippen MR) is 60.3 cm³/mol. The Bertz CT molecular complexity index is 185. The average molecular weight is 182 g/mol. The predicted octanol–water partition coefficient (Wildman–Crippen LogP) is 2.71. The fraction of sp³-hybridized carbons (Fsp3) is 0.727. The van der Waals surface area contributed by atoms with Gasteiger partial charge in [0.05, 0.1) is 0 Å². The molecule has 2 unspecified atom stereocenters. The Hall–Kier alpha value is -0.630. The molecule has 0 fully saturated rings. The zero-order chi connectivity index (χ0) is 10.4. The maximum absolute atomic E-state index is 4.20. The van der Waals surface area contributed by atoms with Crippen LogP contribution in [0, 0.1) is 0 Å². The van der Waals surface area contributed by atoms with Crippen LogP contribution in [0.15, 0.2) is 17.3 Å². The summed E-state index contributed by atoms with van der Waals surface area (Å²) >= 11 is 0. The summed E-state index contributed by atoms with van der Waals surface area (Å²) in [7, 11) is 2.12. The molecule has 0 aromatic carbocycles. The number of aliphatic imine (C=N–C) groups is 1. The van der Waals surface area contributed by atoms with Crippen molar-refractivity contribution in [2.24, 2.45) is 4.99 Å². The van der Waals surface area contributed by atoms with Gasteiger partial charge in [-0.15, -0.1) is 0 Å². The molecule has 0 radical (unpaired) electrons. The van der Waals surface area contributed by atoms with Gasteiger partial charge >= 0.3 is 0 Å². The van der Waals surface area contributed by atoms with E-state index < -0.39 is 0 Å². The maximum atomic E-state index is 4.20. The Morgan fingerprint density at radius 3 is 2.46 bits per heavy atom. The molecular formula is C11H22N2. The maximum Gasteiger partial charge on any atom is 0.0496 e. The topological polar surface area (TPSA) is 15.6 Å². The Kier molecular flexibility index (Phi) is 5.63. The lowest BCUT2D eigenvalue weighted by Crippen LogP contribution is -2.37. The van der Waals surface area contributed by atoms with Crippen molar-refractivity contribution in [2.75, 3.05) is 7.05 Å². The third-order valence-electron chi connectivity index (χ3n) is 2.67. The van der Waals surface area contributed by atoms with Crippen LogP contribution in [0.4, 0.5) is 0 Å². The van der Waals surface area contributed by atoms with Gasteiger partial charge in [-0.05, 0) is 34.2 Å². The summed E-state index contributed by atoms with van der Waals surface area (Å²) in [6, 6.07) is 0.907. The molecule has 0 aliphatic heterocycles. The second kappa shape index (κ2) is 5.92. The molecule has 0 aliphatic rings. The molecule has 0 saturated carbocycles. The monoisotopic (exact) mass is 182 g/mol. The van der Waals surface area contributed by atoms with E-state index in [9.17, 15) is 0 Å². The SMILES string of the molecule is C=C(N=CC)C(C)N(C)C(C)CC. The minimum Gasteiger partial charge on any atom is -0.295 e. The van der Waals surface area contributed by atoms with E-state index in [1.807, 2.05) is 6.92 Å². The minimum absolute atomic E-state index is 0.325. The molecule has 0 spiro atoms. The highest BCUT2D eigenvalue weighted by Crippen LogP contribution is 2.12. The molecule has 0 N–H and O–H groups in total. The molecule has 2 heteroatoms. The van der Waals surface area contributed by atoms with Crippen molar-refractivity contribution in [2.45, 2.75) is 46.2 Å². The first-order valence-electron chi connectivity index (χ1n) is 4.94. The van der Waals surface area contributed by atoms with Crippen LogP contribution in [0.5, 0.6) is 0 Å². The molecular weight excluding hydrogens is 160 g/mol. The molecule has 0 amide bonds. The smallest absolute Gasteiger partial charge is 0.0496 e. The van der Waals surface area contributed by atoms with Crippen molar-refractivity contribution >= 4 is 6.21 Å². The summed E-state index contributed by atoms with van der Waals surface area (Å²) in [6.45, 7) is 12.4. The van der Waals surface area contributed by atoms with E-state index in [2.05, 4.69) is 44.3 Å². The van der Waals surface area contributed by atoms with E-state index in [0.717, 1.165) is 12.1 Å². The minimum atomic E-state index is 0.325. The molecule has 0 aliphatic carbocycles. The highest BCUT2D eigenvalue weighted by molar-refractivity contribution is 5.55. The fourth-order valence-corrected chi connectivity index (χ4v) is 1.18. The van der Waals surface area contributed by atoms with Gasteiger partial charge in [0.25, 0.3) is 0 Å². The Balaban J connectivity index is 4.24. The zero-order valence-corrected chi connectivity index (χ0v) is 9.54. The molecule has 0 aromatic heterocycles. The second-order valence-corrected chi connectivity index (χ2v) is 3.48. The quantitative estimate of drug-likeness (QED) is 0.597. The lowest BCUT2D eigenvalue weighted by atomic mass is 10.1. The van der Waals surface area contributed by atoms with Gasteiger partial charge in [-0.2, -0.15) is 0 Å². The second-order valence-electron chi connectivity index (χ2n) is 3.48. The van der Waals surface area contributed by atoms with Gasteiger partial charge in [0.1, 0.15) is 0 Å². The lowest BCUT2D eigenvalue weighted by Gasteiger charge is -2.29. The molecule has 13 heavy (non-hydrogen) atoms. The van der Waals surface area contributed by atoms with E-state index in [4.69, 9.17) is 0 Å². The van der Waals surface area contributed by atoms with Crippen LogP contribution in [-0.4, -0.2) is 30.2 Å². The molecule has 0 heterocycles. The van der Waals surface area contributed by atoms with Gasteiger partial charge in [0, 0.05) is 24.0 Å². The highest BCUT2D eigenvalue weighted by Gasteiger charge is 2.15. The average Bonchev–Trinajstić information content (AvgIpc) is 2.14. The van der Waals surface area contributed by atoms with E-state index in [-0.39, 0.29) is 0 Å². The van der Waals surface area contributed by atoms with E-state index >= 15 is 0 Å². The van der Waals surface area contributed by atoms with Crippen molar-refractivity contribution in [1.29, 1.82) is 0 Å². The van der Waals surface area contributed by atoms with Gasteiger partial charge < -0.3 is 0 Å². The first kappa shape index (κ1) is 12.4. The molecule has 2 nitrogen and oxygen atoms in total. The Morgan fingerprint density at radius 1 is 1.54 bits per heavy atom. The Labute approximate surface area is 82.4 Å².